The van der Waals surface area contributed by atoms with Gasteiger partial charge in [-0.2, -0.15) is 5.26 Å². The maximum absolute atomic E-state index is 11.5. The summed E-state index contributed by atoms with van der Waals surface area (Å²) in [4.78, 5) is 11.5. The first-order chi connectivity index (χ1) is 10.6. The quantitative estimate of drug-likeness (QED) is 0.379. The minimum Gasteiger partial charge on any atom is -0.497 e. The Labute approximate surface area is 135 Å². The number of nitrogens with one attached hydrogen (secondary N) is 1. The molecule has 8 heteroatoms. The summed E-state index contributed by atoms with van der Waals surface area (Å²) in [7, 11) is 1.63. The number of hydrogen-bond donors (Lipinski definition) is 1. The molecule has 0 aliphatic rings. The number of thioether (sulfide) groups is 1. The van der Waals surface area contributed by atoms with Gasteiger partial charge in [-0.05, 0) is 17.7 Å². The van der Waals surface area contributed by atoms with Crippen LogP contribution in [0.15, 0.2) is 40.8 Å². The summed E-state index contributed by atoms with van der Waals surface area (Å²) in [5, 5.41) is 19.2. The van der Waals surface area contributed by atoms with E-state index in [2.05, 4.69) is 22.1 Å². The van der Waals surface area contributed by atoms with E-state index in [1.807, 2.05) is 24.3 Å². The third kappa shape index (κ3) is 4.31. The van der Waals surface area contributed by atoms with Crippen LogP contribution in [0.2, 0.25) is 0 Å². The minimum absolute atomic E-state index is 0.164. The van der Waals surface area contributed by atoms with Crippen molar-refractivity contribution in [2.24, 2.45) is 0 Å². The molecule has 0 aliphatic heterocycles. The van der Waals surface area contributed by atoms with E-state index in [4.69, 9.17) is 10.00 Å². The molecule has 6 nitrogen and oxygen atoms in total. The van der Waals surface area contributed by atoms with Gasteiger partial charge in [0.2, 0.25) is 5.13 Å². The molecule has 0 unspecified atom stereocenters. The van der Waals surface area contributed by atoms with Gasteiger partial charge in [0.1, 0.15) is 17.4 Å². The van der Waals surface area contributed by atoms with E-state index >= 15 is 0 Å². The second kappa shape index (κ2) is 7.59. The van der Waals surface area contributed by atoms with Crippen molar-refractivity contribution < 1.29 is 9.53 Å². The summed E-state index contributed by atoms with van der Waals surface area (Å²) >= 11 is 2.76. The number of carbonyl (C=O) groups excluding carboxylic acids is 1. The highest BCUT2D eigenvalue weighted by atomic mass is 32.2. The molecule has 112 valence electrons. The number of ether oxygens (including phenoxy) is 1. The number of aromatic nitrogens is 2. The van der Waals surface area contributed by atoms with Crippen LogP contribution >= 0.6 is 23.1 Å². The summed E-state index contributed by atoms with van der Waals surface area (Å²) in [5.41, 5.74) is 0.965. The first-order valence-corrected chi connectivity index (χ1v) is 7.92. The number of hydrogen-bond acceptors (Lipinski definition) is 7. The summed E-state index contributed by atoms with van der Waals surface area (Å²) in [6, 6.07) is 9.44. The molecule has 1 N–H and O–H groups in total. The van der Waals surface area contributed by atoms with Gasteiger partial charge >= 0.3 is 0 Å². The number of nitriles is 1. The van der Waals surface area contributed by atoms with Gasteiger partial charge in [0.25, 0.3) is 5.91 Å². The van der Waals surface area contributed by atoms with E-state index in [-0.39, 0.29) is 5.57 Å². The Morgan fingerprint density at radius 3 is 2.82 bits per heavy atom. The van der Waals surface area contributed by atoms with Gasteiger partial charge < -0.3 is 4.74 Å². The molecule has 22 heavy (non-hydrogen) atoms. The number of rotatable bonds is 6. The molecule has 1 heterocycles. The van der Waals surface area contributed by atoms with E-state index in [1.165, 1.54) is 23.1 Å². The zero-order valence-electron chi connectivity index (χ0n) is 11.7. The van der Waals surface area contributed by atoms with Gasteiger partial charge in [0.05, 0.1) is 7.11 Å². The Kier molecular flexibility index (Phi) is 5.52. The molecular formula is C14H12N4O2S2. The Hall–Kier alpha value is -2.37. The van der Waals surface area contributed by atoms with Gasteiger partial charge in [-0.3, -0.25) is 10.1 Å². The van der Waals surface area contributed by atoms with E-state index in [0.717, 1.165) is 21.4 Å². The second-order valence-corrected chi connectivity index (χ2v) is 6.25. The molecule has 0 saturated carbocycles. The molecule has 0 bridgehead atoms. The fourth-order valence-electron chi connectivity index (χ4n) is 1.41. The molecule has 2 aromatic rings. The summed E-state index contributed by atoms with van der Waals surface area (Å²) in [6.07, 6.45) is 0. The predicted molar refractivity (Wildman–Crippen MR) is 85.8 cm³/mol. The lowest BCUT2D eigenvalue weighted by molar-refractivity contribution is -0.112. The third-order valence-electron chi connectivity index (χ3n) is 2.56. The molecule has 1 aromatic carbocycles. The maximum Gasteiger partial charge on any atom is 0.267 e. The predicted octanol–water partition coefficient (Wildman–Crippen LogP) is 2.86. The lowest BCUT2D eigenvalue weighted by atomic mass is 10.2. The van der Waals surface area contributed by atoms with Crippen LogP contribution in [0.1, 0.15) is 5.56 Å². The average Bonchev–Trinajstić information content (AvgIpc) is 3.00. The highest BCUT2D eigenvalue weighted by Crippen LogP contribution is 2.28. The van der Waals surface area contributed by atoms with Crippen LogP contribution in [-0.4, -0.2) is 23.2 Å². The van der Waals surface area contributed by atoms with Gasteiger partial charge in [-0.25, -0.2) is 0 Å². The number of carbonyl (C=O) groups is 1. The van der Waals surface area contributed by atoms with E-state index in [9.17, 15) is 4.79 Å². The Morgan fingerprint density at radius 1 is 1.45 bits per heavy atom. The van der Waals surface area contributed by atoms with Crippen molar-refractivity contribution >= 4 is 34.1 Å². The van der Waals surface area contributed by atoms with Crippen LogP contribution in [0.25, 0.3) is 0 Å². The van der Waals surface area contributed by atoms with Gasteiger partial charge in [-0.1, -0.05) is 41.8 Å². The smallest absolute Gasteiger partial charge is 0.267 e. The summed E-state index contributed by atoms with van der Waals surface area (Å²) in [6.45, 7) is 3.33. The van der Waals surface area contributed by atoms with Crippen LogP contribution < -0.4 is 10.1 Å². The topological polar surface area (TPSA) is 87.9 Å². The summed E-state index contributed by atoms with van der Waals surface area (Å²) in [5.74, 6) is 0.982. The average molecular weight is 332 g/mol. The molecule has 1 aromatic heterocycles. The maximum atomic E-state index is 11.5. The molecular weight excluding hydrogens is 320 g/mol. The lowest BCUT2D eigenvalue weighted by Gasteiger charge is -2.01. The number of benzene rings is 1. The van der Waals surface area contributed by atoms with Crippen LogP contribution in [0.4, 0.5) is 5.13 Å². The Morgan fingerprint density at radius 2 is 2.18 bits per heavy atom. The molecule has 0 aliphatic carbocycles. The standard InChI is InChI=1S/C14H12N4O2S2/c1-9(7-15)12(19)16-13-17-18-14(22-13)21-8-10-3-5-11(20-2)6-4-10/h3-6H,1,8H2,2H3,(H,16,17,19). The molecule has 2 rings (SSSR count). The number of anilines is 1. The number of methoxy groups -OCH3 is 1. The molecule has 0 atom stereocenters. The molecule has 0 fully saturated rings. The highest BCUT2D eigenvalue weighted by molar-refractivity contribution is 8.00. The Bertz CT molecular complexity index is 719. The third-order valence-corrected chi connectivity index (χ3v) is 4.60. The van der Waals surface area contributed by atoms with E-state index in [1.54, 1.807) is 13.2 Å². The van der Waals surface area contributed by atoms with E-state index < -0.39 is 5.91 Å². The fraction of sp³-hybridized carbons (Fsp3) is 0.143. The second-order valence-electron chi connectivity index (χ2n) is 4.05. The van der Waals surface area contributed by atoms with Crippen molar-refractivity contribution in [2.75, 3.05) is 12.4 Å². The van der Waals surface area contributed by atoms with E-state index in [0.29, 0.717) is 5.13 Å². The Balaban J connectivity index is 1.90. The molecule has 0 spiro atoms. The molecule has 1 amide bonds. The SMILES string of the molecule is C=C(C#N)C(=O)Nc1nnc(SCc2ccc(OC)cc2)s1. The van der Waals surface area contributed by atoms with Gasteiger partial charge in [0, 0.05) is 5.75 Å². The largest absolute Gasteiger partial charge is 0.497 e. The van der Waals surface area contributed by atoms with Crippen molar-refractivity contribution in [2.45, 2.75) is 10.1 Å². The van der Waals surface area contributed by atoms with Gasteiger partial charge in [0.15, 0.2) is 4.34 Å². The highest BCUT2D eigenvalue weighted by Gasteiger charge is 2.11. The molecule has 0 radical (unpaired) electrons. The summed E-state index contributed by atoms with van der Waals surface area (Å²) < 4.78 is 5.83. The van der Waals surface area contributed by atoms with Crippen LogP contribution in [-0.2, 0) is 10.5 Å². The number of amides is 1. The van der Waals surface area contributed by atoms with Crippen molar-refractivity contribution in [1.29, 1.82) is 5.26 Å². The first kappa shape index (κ1) is 16.0. The van der Waals surface area contributed by atoms with Crippen molar-refractivity contribution in [1.82, 2.24) is 10.2 Å². The van der Waals surface area contributed by atoms with Crippen LogP contribution in [0, 0.1) is 11.3 Å². The fourth-order valence-corrected chi connectivity index (χ4v) is 3.11. The van der Waals surface area contributed by atoms with Crippen molar-refractivity contribution in [3.05, 3.63) is 42.0 Å². The van der Waals surface area contributed by atoms with Crippen LogP contribution in [0.5, 0.6) is 5.75 Å². The number of nitrogens with zero attached hydrogens (tertiary/aromatic N) is 3. The van der Waals surface area contributed by atoms with Gasteiger partial charge in [-0.15, -0.1) is 10.2 Å². The normalized spacial score (nSPS) is 9.82. The lowest BCUT2D eigenvalue weighted by Crippen LogP contribution is -2.12. The van der Waals surface area contributed by atoms with Crippen molar-refractivity contribution in [3.63, 3.8) is 0 Å². The van der Waals surface area contributed by atoms with Crippen LogP contribution in [0.3, 0.4) is 0 Å². The minimum atomic E-state index is -0.564. The molecule has 0 saturated heterocycles. The zero-order chi connectivity index (χ0) is 15.9. The zero-order valence-corrected chi connectivity index (χ0v) is 13.3. The monoisotopic (exact) mass is 332 g/mol. The first-order valence-electron chi connectivity index (χ1n) is 6.12. The van der Waals surface area contributed by atoms with Crippen molar-refractivity contribution in [3.8, 4) is 11.8 Å².